The van der Waals surface area contributed by atoms with E-state index in [4.69, 9.17) is 16.3 Å². The second kappa shape index (κ2) is 9.79. The van der Waals surface area contributed by atoms with Crippen molar-refractivity contribution in [1.29, 1.82) is 0 Å². The van der Waals surface area contributed by atoms with E-state index in [1.807, 2.05) is 12.1 Å². The maximum Gasteiger partial charge on any atom is 0.274 e. The molecule has 1 atom stereocenters. The molecule has 0 bridgehead atoms. The van der Waals surface area contributed by atoms with E-state index in [0.717, 1.165) is 24.0 Å². The molecule has 10 nitrogen and oxygen atoms in total. The zero-order valence-electron chi connectivity index (χ0n) is 22.0. The zero-order valence-corrected chi connectivity index (χ0v) is 22.8. The molecule has 2 aromatic heterocycles. The molecule has 1 spiro atoms. The van der Waals surface area contributed by atoms with Crippen molar-refractivity contribution in [2.45, 2.75) is 37.3 Å². The summed E-state index contributed by atoms with van der Waals surface area (Å²) in [4.78, 5) is 52.8. The fourth-order valence-electron chi connectivity index (χ4n) is 5.48. The molecule has 0 saturated heterocycles. The number of H-pyrrole nitrogens is 1. The minimum Gasteiger partial charge on any atom is -0.385 e. The first-order valence-corrected chi connectivity index (χ1v) is 13.4. The summed E-state index contributed by atoms with van der Waals surface area (Å²) in [6, 6.07) is 10.9. The number of hydrogen-bond acceptors (Lipinski definition) is 5. The van der Waals surface area contributed by atoms with Crippen LogP contribution in [0.15, 0.2) is 58.3 Å². The number of fused-ring (bicyclic) bond motifs is 4. The van der Waals surface area contributed by atoms with Gasteiger partial charge in [-0.2, -0.15) is 0 Å². The second-order valence-corrected chi connectivity index (χ2v) is 11.0. The molecule has 1 unspecified atom stereocenters. The summed E-state index contributed by atoms with van der Waals surface area (Å²) in [5, 5.41) is 9.96. The Morgan fingerprint density at radius 2 is 1.90 bits per heavy atom. The lowest BCUT2D eigenvalue weighted by atomic mass is 9.89. The van der Waals surface area contributed by atoms with E-state index in [9.17, 15) is 19.2 Å². The first-order chi connectivity index (χ1) is 19.2. The van der Waals surface area contributed by atoms with Gasteiger partial charge in [-0.05, 0) is 60.7 Å². The van der Waals surface area contributed by atoms with Crippen LogP contribution >= 0.6 is 11.6 Å². The summed E-state index contributed by atoms with van der Waals surface area (Å²) in [5.74, 6) is -0.749. The predicted octanol–water partition coefficient (Wildman–Crippen LogP) is 3.38. The number of benzene rings is 2. The predicted molar refractivity (Wildman–Crippen MR) is 152 cm³/mol. The molecule has 4 aromatic rings. The van der Waals surface area contributed by atoms with Crippen molar-refractivity contribution in [3.05, 3.63) is 85.5 Å². The molecule has 1 fully saturated rings. The highest BCUT2D eigenvalue weighted by Gasteiger charge is 2.46. The summed E-state index contributed by atoms with van der Waals surface area (Å²) in [5.41, 5.74) is 2.63. The minimum absolute atomic E-state index is 0.174. The van der Waals surface area contributed by atoms with Crippen LogP contribution < -0.4 is 21.8 Å². The average molecular weight is 562 g/mol. The topological polar surface area (TPSA) is 127 Å². The Morgan fingerprint density at radius 3 is 2.65 bits per heavy atom. The van der Waals surface area contributed by atoms with Crippen LogP contribution in [-0.4, -0.2) is 45.4 Å². The third kappa shape index (κ3) is 4.63. The summed E-state index contributed by atoms with van der Waals surface area (Å²) in [6.07, 6.45) is 4.05. The minimum atomic E-state index is -0.963. The third-order valence-corrected chi connectivity index (χ3v) is 8.03. The summed E-state index contributed by atoms with van der Waals surface area (Å²) in [7, 11) is 3.13. The van der Waals surface area contributed by atoms with Gasteiger partial charge in [-0.25, -0.2) is 0 Å². The molecule has 2 aromatic carbocycles. The highest BCUT2D eigenvalue weighted by atomic mass is 35.5. The fourth-order valence-corrected chi connectivity index (χ4v) is 5.66. The molecule has 1 saturated carbocycles. The monoisotopic (exact) mass is 561 g/mol. The summed E-state index contributed by atoms with van der Waals surface area (Å²) in [6.45, 7) is 0.209. The van der Waals surface area contributed by atoms with Crippen molar-refractivity contribution in [3.8, 4) is 11.1 Å². The number of nitrogens with one attached hydrogen (secondary N) is 3. The van der Waals surface area contributed by atoms with E-state index in [2.05, 4.69) is 15.7 Å². The van der Waals surface area contributed by atoms with Crippen LogP contribution in [-0.2, 0) is 23.0 Å². The van der Waals surface area contributed by atoms with Crippen LogP contribution in [0.2, 0.25) is 5.02 Å². The van der Waals surface area contributed by atoms with Gasteiger partial charge in [-0.1, -0.05) is 17.7 Å². The van der Waals surface area contributed by atoms with Gasteiger partial charge in [0.15, 0.2) is 0 Å². The van der Waals surface area contributed by atoms with Crippen molar-refractivity contribution in [2.24, 2.45) is 7.05 Å². The number of aromatic nitrogens is 3. The van der Waals surface area contributed by atoms with Gasteiger partial charge in [0, 0.05) is 61.3 Å². The van der Waals surface area contributed by atoms with Gasteiger partial charge >= 0.3 is 0 Å². The lowest BCUT2D eigenvalue weighted by Gasteiger charge is -2.26. The van der Waals surface area contributed by atoms with Crippen LogP contribution in [0.4, 0.5) is 5.69 Å². The lowest BCUT2D eigenvalue weighted by Crippen LogP contribution is -2.41. The van der Waals surface area contributed by atoms with Crippen LogP contribution in [0, 0.1) is 0 Å². The number of nitrogens with zero attached hydrogens (tertiary/aromatic N) is 2. The van der Waals surface area contributed by atoms with E-state index in [1.165, 1.54) is 28.6 Å². The Kier molecular flexibility index (Phi) is 6.39. The van der Waals surface area contributed by atoms with Crippen LogP contribution in [0.5, 0.6) is 0 Å². The van der Waals surface area contributed by atoms with Gasteiger partial charge < -0.3 is 19.9 Å². The first kappa shape index (κ1) is 26.1. The Morgan fingerprint density at radius 1 is 1.10 bits per heavy atom. The molecule has 3 heterocycles. The van der Waals surface area contributed by atoms with Gasteiger partial charge in [0.2, 0.25) is 5.91 Å². The van der Waals surface area contributed by atoms with E-state index in [0.29, 0.717) is 39.2 Å². The van der Waals surface area contributed by atoms with Crippen molar-refractivity contribution in [3.63, 3.8) is 0 Å². The number of rotatable bonds is 6. The molecule has 0 radical (unpaired) electrons. The molecule has 6 rings (SSSR count). The Bertz CT molecular complexity index is 1800. The maximum atomic E-state index is 13.6. The molecule has 2 aliphatic rings. The zero-order chi connectivity index (χ0) is 28.2. The number of carbonyl (C=O) groups is 2. The van der Waals surface area contributed by atoms with Gasteiger partial charge in [-0.3, -0.25) is 29.0 Å². The van der Waals surface area contributed by atoms with Crippen LogP contribution in [0.25, 0.3) is 22.0 Å². The molecule has 3 N–H and O–H groups in total. The molecule has 2 amide bonds. The SMILES string of the molecule is COCCC(C(=O)Nc1ccc2c(=O)n(C)[nH]c2c1)n1cc2c(cc1=O)-c1cc(Cl)ccc1CC1(CC1)NC2=O. The number of halogens is 1. The molecular formula is C29H28ClN5O5. The number of methoxy groups -OCH3 is 1. The first-order valence-electron chi connectivity index (χ1n) is 13.0. The van der Waals surface area contributed by atoms with Crippen molar-refractivity contribution in [2.75, 3.05) is 19.0 Å². The van der Waals surface area contributed by atoms with E-state index < -0.39 is 17.5 Å². The van der Waals surface area contributed by atoms with E-state index in [-0.39, 0.29) is 30.0 Å². The Labute approximate surface area is 233 Å². The highest BCUT2D eigenvalue weighted by molar-refractivity contribution is 6.31. The molecule has 40 heavy (non-hydrogen) atoms. The number of anilines is 1. The number of carbonyl (C=O) groups excluding carboxylic acids is 2. The highest BCUT2D eigenvalue weighted by Crippen LogP contribution is 2.43. The van der Waals surface area contributed by atoms with Crippen molar-refractivity contribution in [1.82, 2.24) is 19.7 Å². The standard InChI is InChI=1S/C29H28ClN5O5/c1-34-28(39)19-6-5-18(12-23(19)33-34)31-27(38)24(7-10-40-2)35-15-22-21(13-25(35)36)20-11-17(30)4-3-16(20)14-29(8-9-29)32-26(22)37/h3-6,11-13,15,24,33H,7-10,14H2,1-2H3,(H,31,38)(H,32,37). The smallest absolute Gasteiger partial charge is 0.274 e. The van der Waals surface area contributed by atoms with E-state index >= 15 is 0 Å². The Hall–Kier alpha value is -4.15. The van der Waals surface area contributed by atoms with Crippen LogP contribution in [0.3, 0.4) is 0 Å². The van der Waals surface area contributed by atoms with Gasteiger partial charge in [0.25, 0.3) is 17.0 Å². The fraction of sp³-hybridized carbons (Fsp3) is 0.310. The Balaban J connectivity index is 1.41. The number of amides is 2. The maximum absolute atomic E-state index is 13.6. The second-order valence-electron chi connectivity index (χ2n) is 10.6. The largest absolute Gasteiger partial charge is 0.385 e. The third-order valence-electron chi connectivity index (χ3n) is 7.79. The van der Waals surface area contributed by atoms with Gasteiger partial charge in [-0.15, -0.1) is 0 Å². The van der Waals surface area contributed by atoms with Gasteiger partial charge in [0.05, 0.1) is 16.5 Å². The van der Waals surface area contributed by atoms with E-state index in [1.54, 1.807) is 31.3 Å². The number of hydrogen-bond donors (Lipinski definition) is 3. The molecular weight excluding hydrogens is 534 g/mol. The number of pyridine rings is 1. The lowest BCUT2D eigenvalue weighted by molar-refractivity contribution is -0.119. The van der Waals surface area contributed by atoms with Gasteiger partial charge in [0.1, 0.15) is 6.04 Å². The van der Waals surface area contributed by atoms with Crippen molar-refractivity contribution >= 4 is 40.0 Å². The number of aromatic amines is 1. The molecule has 206 valence electrons. The average Bonchev–Trinajstić information content (AvgIpc) is 3.61. The number of aryl methyl sites for hydroxylation is 1. The summed E-state index contributed by atoms with van der Waals surface area (Å²) < 4.78 is 7.89. The molecule has 11 heteroatoms. The quantitative estimate of drug-likeness (QED) is 0.332. The molecule has 1 aliphatic heterocycles. The summed E-state index contributed by atoms with van der Waals surface area (Å²) >= 11 is 6.33. The normalized spacial score (nSPS) is 16.0. The number of ether oxygens (including phenoxy) is 1. The van der Waals surface area contributed by atoms with Crippen LogP contribution in [0.1, 0.15) is 41.2 Å². The van der Waals surface area contributed by atoms with Crippen molar-refractivity contribution < 1.29 is 14.3 Å². The molecule has 1 aliphatic carbocycles.